The van der Waals surface area contributed by atoms with Crippen LogP contribution in [0.2, 0.25) is 0 Å². The first-order chi connectivity index (χ1) is 8.10. The Kier molecular flexibility index (Phi) is 3.12. The van der Waals surface area contributed by atoms with Gasteiger partial charge in [-0.25, -0.2) is 4.79 Å². The zero-order valence-corrected chi connectivity index (χ0v) is 9.21. The van der Waals surface area contributed by atoms with Crippen LogP contribution in [0.15, 0.2) is 33.5 Å². The van der Waals surface area contributed by atoms with Crippen molar-refractivity contribution in [2.75, 3.05) is 6.61 Å². The van der Waals surface area contributed by atoms with E-state index in [0.717, 1.165) is 10.9 Å². The van der Waals surface area contributed by atoms with Crippen molar-refractivity contribution in [3.05, 3.63) is 40.2 Å². The molecule has 2 aromatic rings. The topological polar surface area (TPSA) is 79.9 Å². The van der Waals surface area contributed by atoms with Crippen molar-refractivity contribution in [2.24, 2.45) is 0 Å². The predicted molar refractivity (Wildman–Crippen MR) is 60.9 cm³/mol. The average Bonchev–Trinajstić information content (AvgIpc) is 2.28. The van der Waals surface area contributed by atoms with Gasteiger partial charge >= 0.3 is 5.63 Å². The van der Waals surface area contributed by atoms with Gasteiger partial charge in [-0.05, 0) is 24.6 Å². The summed E-state index contributed by atoms with van der Waals surface area (Å²) in [5, 5.41) is 18.6. The van der Waals surface area contributed by atoms with Crippen molar-refractivity contribution in [1.82, 2.24) is 0 Å². The van der Waals surface area contributed by atoms with Gasteiger partial charge < -0.3 is 19.4 Å². The number of hydrogen-bond acceptors (Lipinski definition) is 5. The van der Waals surface area contributed by atoms with Gasteiger partial charge in [0.2, 0.25) is 6.29 Å². The van der Waals surface area contributed by atoms with Gasteiger partial charge in [0.25, 0.3) is 0 Å². The number of rotatable bonds is 3. The Morgan fingerprint density at radius 3 is 2.88 bits per heavy atom. The molecule has 0 saturated heterocycles. The monoisotopic (exact) mass is 236 g/mol. The lowest BCUT2D eigenvalue weighted by molar-refractivity contribution is -0.0548. The lowest BCUT2D eigenvalue weighted by Crippen LogP contribution is -2.19. The summed E-state index contributed by atoms with van der Waals surface area (Å²) in [5.41, 5.74) is 0.762. The largest absolute Gasteiger partial charge is 0.463 e. The van der Waals surface area contributed by atoms with Crippen LogP contribution in [-0.2, 0) is 0 Å². The number of aliphatic hydroxyl groups is 2. The fraction of sp³-hybridized carbons (Fsp3) is 0.250. The molecule has 5 heteroatoms. The molecule has 0 spiro atoms. The number of ether oxygens (including phenoxy) is 1. The van der Waals surface area contributed by atoms with Crippen LogP contribution in [0.4, 0.5) is 0 Å². The van der Waals surface area contributed by atoms with Crippen LogP contribution in [0.1, 0.15) is 5.56 Å². The maximum atomic E-state index is 11.2. The van der Waals surface area contributed by atoms with Gasteiger partial charge in [0.05, 0.1) is 0 Å². The fourth-order valence-electron chi connectivity index (χ4n) is 1.57. The quantitative estimate of drug-likeness (QED) is 0.608. The van der Waals surface area contributed by atoms with Crippen molar-refractivity contribution in [2.45, 2.75) is 13.2 Å². The normalized spacial score (nSPS) is 12.6. The average molecular weight is 236 g/mol. The van der Waals surface area contributed by atoms with Crippen LogP contribution in [0.25, 0.3) is 11.0 Å². The van der Waals surface area contributed by atoms with E-state index in [-0.39, 0.29) is 0 Å². The Balaban J connectivity index is 2.46. The summed E-state index contributed by atoms with van der Waals surface area (Å²) in [4.78, 5) is 11.2. The minimum absolute atomic E-state index is 0.327. The van der Waals surface area contributed by atoms with E-state index in [1.165, 1.54) is 12.1 Å². The van der Waals surface area contributed by atoms with E-state index in [1.807, 2.05) is 6.92 Å². The molecule has 17 heavy (non-hydrogen) atoms. The highest BCUT2D eigenvalue weighted by atomic mass is 16.6. The number of hydrogen-bond donors (Lipinski definition) is 2. The van der Waals surface area contributed by atoms with Gasteiger partial charge in [0.1, 0.15) is 17.9 Å². The fourth-order valence-corrected chi connectivity index (χ4v) is 1.57. The van der Waals surface area contributed by atoms with Gasteiger partial charge in [-0.15, -0.1) is 0 Å². The molecule has 0 fully saturated rings. The number of aryl methyl sites for hydroxylation is 1. The minimum atomic E-state index is -1.29. The Morgan fingerprint density at radius 2 is 2.18 bits per heavy atom. The molecule has 1 atom stereocenters. The Morgan fingerprint density at radius 1 is 1.41 bits per heavy atom. The first-order valence-corrected chi connectivity index (χ1v) is 5.10. The second-order valence-corrected chi connectivity index (χ2v) is 3.66. The SMILES string of the molecule is Cc1cc(=O)oc2cc(OC(O)CO)ccc12. The van der Waals surface area contributed by atoms with Crippen molar-refractivity contribution < 1.29 is 19.4 Å². The summed E-state index contributed by atoms with van der Waals surface area (Å²) >= 11 is 0. The molecule has 2 rings (SSSR count). The minimum Gasteiger partial charge on any atom is -0.463 e. The molecular weight excluding hydrogens is 224 g/mol. The Labute approximate surface area is 96.9 Å². The molecule has 1 heterocycles. The first-order valence-electron chi connectivity index (χ1n) is 5.10. The third kappa shape index (κ3) is 2.46. The predicted octanol–water partition coefficient (Wildman–Crippen LogP) is 0.791. The molecule has 0 aliphatic rings. The molecule has 0 aliphatic carbocycles. The molecule has 0 radical (unpaired) electrons. The maximum absolute atomic E-state index is 11.2. The summed E-state index contributed by atoms with van der Waals surface area (Å²) in [7, 11) is 0. The van der Waals surface area contributed by atoms with Crippen LogP contribution >= 0.6 is 0 Å². The number of benzene rings is 1. The van der Waals surface area contributed by atoms with Crippen molar-refractivity contribution in [3.63, 3.8) is 0 Å². The molecule has 2 N–H and O–H groups in total. The smallest absolute Gasteiger partial charge is 0.336 e. The van der Waals surface area contributed by atoms with E-state index in [9.17, 15) is 4.79 Å². The standard InChI is InChI=1S/C12H12O5/c1-7-4-11(14)17-10-5-8(2-3-9(7)10)16-12(15)6-13/h2-5,12-13,15H,6H2,1H3. The van der Waals surface area contributed by atoms with E-state index in [0.29, 0.717) is 11.3 Å². The van der Waals surface area contributed by atoms with Crippen LogP contribution in [0.5, 0.6) is 5.75 Å². The van der Waals surface area contributed by atoms with E-state index >= 15 is 0 Å². The molecule has 1 aromatic heterocycles. The van der Waals surface area contributed by atoms with Crippen LogP contribution < -0.4 is 10.4 Å². The molecule has 0 bridgehead atoms. The lowest BCUT2D eigenvalue weighted by atomic mass is 10.1. The highest BCUT2D eigenvalue weighted by molar-refractivity contribution is 5.81. The number of aliphatic hydroxyl groups excluding tert-OH is 2. The van der Waals surface area contributed by atoms with E-state index in [2.05, 4.69) is 0 Å². The lowest BCUT2D eigenvalue weighted by Gasteiger charge is -2.11. The summed E-state index contributed by atoms with van der Waals surface area (Å²) in [6, 6.07) is 6.27. The maximum Gasteiger partial charge on any atom is 0.336 e. The van der Waals surface area contributed by atoms with E-state index in [1.54, 1.807) is 12.1 Å². The van der Waals surface area contributed by atoms with Crippen LogP contribution in [0.3, 0.4) is 0 Å². The molecule has 1 unspecified atom stereocenters. The molecule has 0 saturated carbocycles. The third-order valence-electron chi connectivity index (χ3n) is 2.35. The Bertz CT molecular complexity index is 587. The van der Waals surface area contributed by atoms with Gasteiger partial charge in [-0.3, -0.25) is 0 Å². The van der Waals surface area contributed by atoms with Gasteiger partial charge in [0, 0.05) is 17.5 Å². The van der Waals surface area contributed by atoms with Crippen LogP contribution in [0, 0.1) is 6.92 Å². The number of fused-ring (bicyclic) bond motifs is 1. The van der Waals surface area contributed by atoms with E-state index in [4.69, 9.17) is 19.4 Å². The van der Waals surface area contributed by atoms with E-state index < -0.39 is 18.5 Å². The van der Waals surface area contributed by atoms with Gasteiger partial charge in [-0.1, -0.05) is 0 Å². The van der Waals surface area contributed by atoms with Crippen LogP contribution in [-0.4, -0.2) is 23.1 Å². The zero-order valence-electron chi connectivity index (χ0n) is 9.21. The molecule has 0 amide bonds. The van der Waals surface area contributed by atoms with Crippen molar-refractivity contribution in [1.29, 1.82) is 0 Å². The molecule has 1 aromatic carbocycles. The zero-order chi connectivity index (χ0) is 12.4. The molecule has 0 aliphatic heterocycles. The first kappa shape index (κ1) is 11.6. The highest BCUT2D eigenvalue weighted by Gasteiger charge is 2.07. The molecule has 5 nitrogen and oxygen atoms in total. The van der Waals surface area contributed by atoms with Gasteiger partial charge in [0.15, 0.2) is 0 Å². The summed E-state index contributed by atoms with van der Waals surface area (Å²) in [6.45, 7) is 1.30. The highest BCUT2D eigenvalue weighted by Crippen LogP contribution is 2.22. The molecular formula is C12H12O5. The van der Waals surface area contributed by atoms with Gasteiger partial charge in [-0.2, -0.15) is 0 Å². The Hall–Kier alpha value is -1.85. The summed E-state index contributed by atoms with van der Waals surface area (Å²) in [5.74, 6) is 0.327. The molecule has 90 valence electrons. The summed E-state index contributed by atoms with van der Waals surface area (Å²) < 4.78 is 10.0. The summed E-state index contributed by atoms with van der Waals surface area (Å²) in [6.07, 6.45) is -1.29. The third-order valence-corrected chi connectivity index (χ3v) is 2.35. The van der Waals surface area contributed by atoms with Crippen molar-refractivity contribution >= 4 is 11.0 Å². The second-order valence-electron chi connectivity index (χ2n) is 3.66. The second kappa shape index (κ2) is 4.57. The van der Waals surface area contributed by atoms with Crippen molar-refractivity contribution in [3.8, 4) is 5.75 Å².